The fourth-order valence-electron chi connectivity index (χ4n) is 1.42. The highest BCUT2D eigenvalue weighted by molar-refractivity contribution is 9.10. The van der Waals surface area contributed by atoms with Gasteiger partial charge >= 0.3 is 0 Å². The van der Waals surface area contributed by atoms with Crippen LogP contribution in [0.1, 0.15) is 0 Å². The van der Waals surface area contributed by atoms with Crippen molar-refractivity contribution in [3.8, 4) is 0 Å². The van der Waals surface area contributed by atoms with Crippen molar-refractivity contribution in [3.05, 3.63) is 57.5 Å². The predicted octanol–water partition coefficient (Wildman–Crippen LogP) is 4.18. The molecule has 3 nitrogen and oxygen atoms in total. The van der Waals surface area contributed by atoms with Crippen LogP contribution in [0, 0.1) is 11.6 Å². The van der Waals surface area contributed by atoms with Crippen molar-refractivity contribution in [2.75, 3.05) is 4.72 Å². The second-order valence-electron chi connectivity index (χ2n) is 3.81. The molecule has 20 heavy (non-hydrogen) atoms. The quantitative estimate of drug-likeness (QED) is 0.865. The molecule has 0 bridgehead atoms. The minimum atomic E-state index is -4.05. The van der Waals surface area contributed by atoms with E-state index in [1.165, 1.54) is 12.1 Å². The van der Waals surface area contributed by atoms with Crippen LogP contribution in [0.2, 0.25) is 5.02 Å². The fourth-order valence-corrected chi connectivity index (χ4v) is 3.09. The van der Waals surface area contributed by atoms with E-state index in [9.17, 15) is 17.2 Å². The Bertz CT molecular complexity index is 768. The summed E-state index contributed by atoms with van der Waals surface area (Å²) in [7, 11) is -4.05. The minimum absolute atomic E-state index is 0.130. The Hall–Kier alpha value is -1.18. The maximum Gasteiger partial charge on any atom is 0.262 e. The van der Waals surface area contributed by atoms with Gasteiger partial charge in [0.2, 0.25) is 0 Å². The van der Waals surface area contributed by atoms with Gasteiger partial charge in [0, 0.05) is 4.47 Å². The van der Waals surface area contributed by atoms with E-state index in [1.54, 1.807) is 6.07 Å². The van der Waals surface area contributed by atoms with E-state index in [4.69, 9.17) is 11.6 Å². The third-order valence-electron chi connectivity index (χ3n) is 2.37. The number of hydrogen-bond donors (Lipinski definition) is 1. The summed E-state index contributed by atoms with van der Waals surface area (Å²) in [5, 5.41) is 0.180. The van der Waals surface area contributed by atoms with E-state index in [2.05, 4.69) is 20.7 Å². The van der Waals surface area contributed by atoms with Crippen molar-refractivity contribution in [3.63, 3.8) is 0 Å². The summed E-state index contributed by atoms with van der Waals surface area (Å²) >= 11 is 9.04. The molecule has 0 aromatic heterocycles. The predicted molar refractivity (Wildman–Crippen MR) is 76.3 cm³/mol. The molecule has 0 unspecified atom stereocenters. The lowest BCUT2D eigenvalue weighted by Crippen LogP contribution is -2.13. The van der Waals surface area contributed by atoms with E-state index in [0.717, 1.165) is 12.1 Å². The number of hydrogen-bond acceptors (Lipinski definition) is 2. The molecule has 1 N–H and O–H groups in total. The average Bonchev–Trinajstić information content (AvgIpc) is 2.36. The van der Waals surface area contributed by atoms with Gasteiger partial charge in [-0.25, -0.2) is 17.2 Å². The molecule has 2 aromatic carbocycles. The summed E-state index contributed by atoms with van der Waals surface area (Å²) in [5.41, 5.74) is 0.130. The molecule has 0 heterocycles. The number of sulfonamides is 1. The summed E-state index contributed by atoms with van der Waals surface area (Å²) < 4.78 is 52.8. The first-order chi connectivity index (χ1) is 9.29. The molecule has 0 fully saturated rings. The number of nitrogens with one attached hydrogen (secondary N) is 1. The van der Waals surface area contributed by atoms with Crippen LogP contribution in [-0.2, 0) is 10.0 Å². The van der Waals surface area contributed by atoms with Crippen molar-refractivity contribution in [2.45, 2.75) is 4.90 Å². The summed E-state index contributed by atoms with van der Waals surface area (Å²) in [5.74, 6) is -2.36. The van der Waals surface area contributed by atoms with Crippen LogP contribution in [0.15, 0.2) is 45.8 Å². The Morgan fingerprint density at radius 3 is 2.40 bits per heavy atom. The van der Waals surface area contributed by atoms with Gasteiger partial charge in [-0.15, -0.1) is 0 Å². The zero-order valence-electron chi connectivity index (χ0n) is 9.70. The number of benzene rings is 2. The van der Waals surface area contributed by atoms with Gasteiger partial charge in [0.25, 0.3) is 10.0 Å². The molecule has 106 valence electrons. The first-order valence-corrected chi connectivity index (χ1v) is 7.88. The normalized spacial score (nSPS) is 11.4. The van der Waals surface area contributed by atoms with Gasteiger partial charge in [-0.1, -0.05) is 27.5 Å². The average molecular weight is 383 g/mol. The molecular formula is C12H7BrClF2NO2S. The van der Waals surface area contributed by atoms with Crippen molar-refractivity contribution < 1.29 is 17.2 Å². The zero-order valence-corrected chi connectivity index (χ0v) is 12.9. The lowest BCUT2D eigenvalue weighted by molar-refractivity contribution is 0.504. The molecule has 8 heteroatoms. The van der Waals surface area contributed by atoms with Gasteiger partial charge in [0.15, 0.2) is 11.6 Å². The van der Waals surface area contributed by atoms with E-state index in [0.29, 0.717) is 10.5 Å². The highest BCUT2D eigenvalue weighted by Crippen LogP contribution is 2.28. The van der Waals surface area contributed by atoms with E-state index < -0.39 is 26.6 Å². The Morgan fingerprint density at radius 2 is 1.75 bits per heavy atom. The number of rotatable bonds is 3. The maximum atomic E-state index is 13.1. The highest BCUT2D eigenvalue weighted by atomic mass is 79.9. The van der Waals surface area contributed by atoms with Gasteiger partial charge < -0.3 is 0 Å². The summed E-state index contributed by atoms with van der Waals surface area (Å²) in [6, 6.07) is 6.90. The molecule has 0 aliphatic carbocycles. The van der Waals surface area contributed by atoms with Gasteiger partial charge in [0.05, 0.1) is 15.6 Å². The molecule has 0 atom stereocenters. The lowest BCUT2D eigenvalue weighted by atomic mass is 10.3. The summed E-state index contributed by atoms with van der Waals surface area (Å²) in [6.45, 7) is 0. The van der Waals surface area contributed by atoms with Crippen molar-refractivity contribution in [2.24, 2.45) is 0 Å². The molecule has 0 radical (unpaired) electrons. The molecule has 0 aliphatic heterocycles. The van der Waals surface area contributed by atoms with Gasteiger partial charge in [0.1, 0.15) is 0 Å². The first kappa shape index (κ1) is 15.2. The first-order valence-electron chi connectivity index (χ1n) is 5.22. The summed E-state index contributed by atoms with van der Waals surface area (Å²) in [6.07, 6.45) is 0. The van der Waals surface area contributed by atoms with E-state index in [-0.39, 0.29) is 10.7 Å². The Balaban J connectivity index is 2.40. The Kier molecular flexibility index (Phi) is 4.31. The van der Waals surface area contributed by atoms with E-state index in [1.807, 2.05) is 0 Å². The van der Waals surface area contributed by atoms with Gasteiger partial charge in [-0.05, 0) is 36.4 Å². The molecule has 0 aliphatic rings. The Labute approximate surface area is 127 Å². The highest BCUT2D eigenvalue weighted by Gasteiger charge is 2.18. The second kappa shape index (κ2) is 5.67. The molecule has 2 aromatic rings. The Morgan fingerprint density at radius 1 is 1.05 bits per heavy atom. The van der Waals surface area contributed by atoms with Crippen LogP contribution in [0.5, 0.6) is 0 Å². The smallest absolute Gasteiger partial charge is 0.262 e. The number of anilines is 1. The van der Waals surface area contributed by atoms with Crippen molar-refractivity contribution >= 4 is 43.2 Å². The zero-order chi connectivity index (χ0) is 14.9. The molecular weight excluding hydrogens is 376 g/mol. The molecule has 0 saturated carbocycles. The molecule has 2 rings (SSSR count). The number of halogens is 4. The molecule has 0 amide bonds. The van der Waals surface area contributed by atoms with Crippen LogP contribution in [-0.4, -0.2) is 8.42 Å². The van der Waals surface area contributed by atoms with Crippen molar-refractivity contribution in [1.29, 1.82) is 0 Å². The summed E-state index contributed by atoms with van der Waals surface area (Å²) in [4.78, 5) is -0.396. The largest absolute Gasteiger partial charge is 0.278 e. The third kappa shape index (κ3) is 3.28. The standard InChI is InChI=1S/C12H7BrClF2NO2S/c13-7-1-3-9(14)12(5-7)17-20(18,19)8-2-4-10(15)11(16)6-8/h1-6,17H. The van der Waals surface area contributed by atoms with E-state index >= 15 is 0 Å². The monoisotopic (exact) mass is 381 g/mol. The van der Waals surface area contributed by atoms with Crippen LogP contribution < -0.4 is 4.72 Å². The van der Waals surface area contributed by atoms with Crippen LogP contribution >= 0.6 is 27.5 Å². The third-order valence-corrected chi connectivity index (χ3v) is 4.56. The second-order valence-corrected chi connectivity index (χ2v) is 6.81. The molecule has 0 spiro atoms. The fraction of sp³-hybridized carbons (Fsp3) is 0. The lowest BCUT2D eigenvalue weighted by Gasteiger charge is -2.10. The van der Waals surface area contributed by atoms with Crippen LogP contribution in [0.25, 0.3) is 0 Å². The minimum Gasteiger partial charge on any atom is -0.278 e. The van der Waals surface area contributed by atoms with Crippen LogP contribution in [0.4, 0.5) is 14.5 Å². The maximum absolute atomic E-state index is 13.1. The molecule has 0 saturated heterocycles. The van der Waals surface area contributed by atoms with Gasteiger partial charge in [-0.2, -0.15) is 0 Å². The van der Waals surface area contributed by atoms with Crippen molar-refractivity contribution in [1.82, 2.24) is 0 Å². The van der Waals surface area contributed by atoms with Gasteiger partial charge in [-0.3, -0.25) is 4.72 Å². The van der Waals surface area contributed by atoms with Crippen LogP contribution in [0.3, 0.4) is 0 Å². The topological polar surface area (TPSA) is 46.2 Å². The SMILES string of the molecule is O=S(=O)(Nc1cc(Br)ccc1Cl)c1ccc(F)c(F)c1.